The van der Waals surface area contributed by atoms with Gasteiger partial charge in [0.25, 0.3) is 0 Å². The molecule has 0 radical (unpaired) electrons. The summed E-state index contributed by atoms with van der Waals surface area (Å²) in [5.74, 6) is -1.24. The van der Waals surface area contributed by atoms with Gasteiger partial charge in [-0.3, -0.25) is 0 Å². The Morgan fingerprint density at radius 3 is 2.69 bits per heavy atom. The highest BCUT2D eigenvalue weighted by molar-refractivity contribution is 7.91. The van der Waals surface area contributed by atoms with Crippen LogP contribution in [0.25, 0.3) is 10.6 Å². The smallest absolute Gasteiger partial charge is 0.351 e. The third-order valence-corrected chi connectivity index (χ3v) is 8.21. The molecule has 4 rings (SSSR count). The van der Waals surface area contributed by atoms with Crippen molar-refractivity contribution in [3.05, 3.63) is 58.8 Å². The highest BCUT2D eigenvalue weighted by Gasteiger charge is 2.53. The van der Waals surface area contributed by atoms with E-state index in [1.807, 2.05) is 25.1 Å². The van der Waals surface area contributed by atoms with Gasteiger partial charge in [-0.2, -0.15) is 13.2 Å². The van der Waals surface area contributed by atoms with E-state index in [9.17, 15) is 21.6 Å². The maximum atomic E-state index is 12.7. The van der Waals surface area contributed by atoms with Crippen molar-refractivity contribution in [1.82, 2.24) is 9.88 Å². The molecule has 0 spiro atoms. The average molecular weight is 463 g/mol. The lowest BCUT2D eigenvalue weighted by Crippen LogP contribution is -2.29. The van der Waals surface area contributed by atoms with Crippen molar-refractivity contribution in [2.75, 3.05) is 0 Å². The zero-order chi connectivity index (χ0) is 21.0. The molecular weight excluding hydrogens is 449 g/mol. The van der Waals surface area contributed by atoms with Gasteiger partial charge in [0.1, 0.15) is 9.90 Å². The fourth-order valence-corrected chi connectivity index (χ4v) is 5.89. The van der Waals surface area contributed by atoms with Gasteiger partial charge in [0.05, 0.1) is 4.88 Å². The monoisotopic (exact) mass is 462 g/mol. The van der Waals surface area contributed by atoms with Crippen molar-refractivity contribution >= 4 is 33.0 Å². The second-order valence-electron chi connectivity index (χ2n) is 7.00. The van der Waals surface area contributed by atoms with E-state index >= 15 is 0 Å². The number of thiophene rings is 1. The summed E-state index contributed by atoms with van der Waals surface area (Å²) < 4.78 is 70.4. The number of aromatic nitrogens is 1. The summed E-state index contributed by atoms with van der Waals surface area (Å²) in [5, 5.41) is 3.96. The van der Waals surface area contributed by atoms with Crippen LogP contribution in [-0.4, -0.2) is 19.6 Å². The quantitative estimate of drug-likeness (QED) is 0.573. The number of halogens is 4. The molecule has 2 atom stereocenters. The van der Waals surface area contributed by atoms with Crippen LogP contribution in [0.4, 0.5) is 13.2 Å². The summed E-state index contributed by atoms with van der Waals surface area (Å²) in [6, 6.07) is 10.4. The maximum Gasteiger partial charge on any atom is 0.452 e. The third-order valence-electron chi connectivity index (χ3n) is 4.91. The van der Waals surface area contributed by atoms with Crippen LogP contribution in [0, 0.1) is 0 Å². The molecule has 29 heavy (non-hydrogen) atoms. The fraction of sp³-hybridized carbons (Fsp3) is 0.278. The summed E-state index contributed by atoms with van der Waals surface area (Å²) >= 11 is 6.85. The average Bonchev–Trinajstić information content (AvgIpc) is 3.05. The van der Waals surface area contributed by atoms with Gasteiger partial charge in [-0.25, -0.2) is 13.1 Å². The minimum Gasteiger partial charge on any atom is -0.351 e. The molecule has 0 saturated heterocycles. The Morgan fingerprint density at radius 2 is 2.03 bits per heavy atom. The predicted octanol–water partition coefficient (Wildman–Crippen LogP) is 5.08. The molecule has 1 fully saturated rings. The van der Waals surface area contributed by atoms with Crippen molar-refractivity contribution in [1.29, 1.82) is 0 Å². The van der Waals surface area contributed by atoms with E-state index in [2.05, 4.69) is 14.4 Å². The van der Waals surface area contributed by atoms with Crippen LogP contribution in [0.15, 0.2) is 51.2 Å². The Labute approximate surface area is 173 Å². The van der Waals surface area contributed by atoms with E-state index in [0.717, 1.165) is 23.0 Å². The summed E-state index contributed by atoms with van der Waals surface area (Å²) in [6.45, 7) is 1.94. The summed E-state index contributed by atoms with van der Waals surface area (Å²) in [4.78, 5) is 0.262. The lowest BCUT2D eigenvalue weighted by Gasteiger charge is -2.13. The molecule has 0 bridgehead atoms. The van der Waals surface area contributed by atoms with Crippen molar-refractivity contribution in [2.45, 2.75) is 35.2 Å². The molecule has 154 valence electrons. The summed E-state index contributed by atoms with van der Waals surface area (Å²) in [5.41, 5.74) is 0.497. The van der Waals surface area contributed by atoms with Crippen LogP contribution in [0.2, 0.25) is 5.02 Å². The normalized spacial score (nSPS) is 22.0. The van der Waals surface area contributed by atoms with Crippen molar-refractivity contribution in [3.63, 3.8) is 0 Å². The van der Waals surface area contributed by atoms with E-state index in [4.69, 9.17) is 11.6 Å². The molecular formula is C18H14ClF3N2O3S2. The molecule has 1 saturated carbocycles. The molecule has 1 aliphatic carbocycles. The van der Waals surface area contributed by atoms with E-state index in [1.165, 1.54) is 12.1 Å². The predicted molar refractivity (Wildman–Crippen MR) is 102 cm³/mol. The molecule has 2 aromatic heterocycles. The number of hydrogen-bond acceptors (Lipinski definition) is 5. The number of nitrogens with zero attached hydrogens (tertiary/aromatic N) is 1. The van der Waals surface area contributed by atoms with E-state index in [-0.39, 0.29) is 26.2 Å². The topological polar surface area (TPSA) is 72.2 Å². The molecule has 0 aliphatic heterocycles. The molecule has 0 unspecified atom stereocenters. The van der Waals surface area contributed by atoms with Crippen LogP contribution >= 0.6 is 22.9 Å². The van der Waals surface area contributed by atoms with Crippen LogP contribution in [0.3, 0.4) is 0 Å². The van der Waals surface area contributed by atoms with Gasteiger partial charge in [0, 0.05) is 22.5 Å². The van der Waals surface area contributed by atoms with Crippen LogP contribution in [0.5, 0.6) is 0 Å². The number of rotatable bonds is 5. The molecule has 3 aromatic rings. The van der Waals surface area contributed by atoms with E-state index in [1.54, 1.807) is 6.07 Å². The molecule has 1 aromatic carbocycles. The second-order valence-corrected chi connectivity index (χ2v) is 10.5. The van der Waals surface area contributed by atoms with E-state index in [0.29, 0.717) is 11.4 Å². The largest absolute Gasteiger partial charge is 0.452 e. The van der Waals surface area contributed by atoms with Gasteiger partial charge in [-0.15, -0.1) is 11.3 Å². The first-order valence-corrected chi connectivity index (χ1v) is 11.1. The van der Waals surface area contributed by atoms with Gasteiger partial charge in [-0.05, 0) is 36.2 Å². The summed E-state index contributed by atoms with van der Waals surface area (Å²) in [7, 11) is -3.84. The minimum atomic E-state index is -4.66. The maximum absolute atomic E-state index is 12.7. The number of benzene rings is 1. The highest BCUT2D eigenvalue weighted by Crippen LogP contribution is 2.49. The van der Waals surface area contributed by atoms with Crippen molar-refractivity contribution in [3.8, 4) is 10.6 Å². The molecule has 11 heteroatoms. The SMILES string of the molecule is C[C@]1(c2cccc(Cl)c2)C[C@@H]1NS(=O)(=O)c1ccc(-c2cc(C(F)(F)F)on2)s1. The number of nitrogens with one attached hydrogen (secondary N) is 1. The van der Waals surface area contributed by atoms with E-state index < -0.39 is 22.0 Å². The highest BCUT2D eigenvalue weighted by atomic mass is 35.5. The Kier molecular flexibility index (Phi) is 4.80. The number of alkyl halides is 3. The van der Waals surface area contributed by atoms with Gasteiger partial charge >= 0.3 is 6.18 Å². The lowest BCUT2D eigenvalue weighted by atomic mass is 9.98. The first-order valence-electron chi connectivity index (χ1n) is 8.41. The second kappa shape index (κ2) is 6.83. The minimum absolute atomic E-state index is 0.00981. The van der Waals surface area contributed by atoms with Crippen LogP contribution in [-0.2, 0) is 21.6 Å². The third kappa shape index (κ3) is 3.94. The molecule has 1 N–H and O–H groups in total. The molecule has 0 amide bonds. The Morgan fingerprint density at radius 1 is 1.28 bits per heavy atom. The molecule has 5 nitrogen and oxygen atoms in total. The first-order chi connectivity index (χ1) is 13.5. The lowest BCUT2D eigenvalue weighted by molar-refractivity contribution is -0.155. The number of hydrogen-bond donors (Lipinski definition) is 1. The van der Waals surface area contributed by atoms with Gasteiger partial charge in [-0.1, -0.05) is 35.8 Å². The van der Waals surface area contributed by atoms with Gasteiger partial charge in [0.15, 0.2) is 0 Å². The first kappa shape index (κ1) is 20.4. The fourth-order valence-electron chi connectivity index (χ4n) is 3.07. The Hall–Kier alpha value is -1.88. The van der Waals surface area contributed by atoms with Crippen molar-refractivity contribution < 1.29 is 26.1 Å². The zero-order valence-corrected chi connectivity index (χ0v) is 17.2. The van der Waals surface area contributed by atoms with Crippen LogP contribution < -0.4 is 4.72 Å². The van der Waals surface area contributed by atoms with Gasteiger partial charge < -0.3 is 4.52 Å². The Bertz CT molecular complexity index is 1170. The zero-order valence-electron chi connectivity index (χ0n) is 14.8. The number of sulfonamides is 1. The summed E-state index contributed by atoms with van der Waals surface area (Å²) in [6.07, 6.45) is -4.04. The van der Waals surface area contributed by atoms with Crippen molar-refractivity contribution in [2.24, 2.45) is 0 Å². The van der Waals surface area contributed by atoms with Gasteiger partial charge in [0.2, 0.25) is 15.8 Å². The van der Waals surface area contributed by atoms with Crippen LogP contribution in [0.1, 0.15) is 24.7 Å². The Balaban J connectivity index is 1.52. The molecule has 1 aliphatic rings. The molecule has 2 heterocycles. The standard InChI is InChI=1S/C18H14ClF3N2O3S2/c1-17(10-3-2-4-11(19)7-10)9-14(17)24-29(25,26)16-6-5-13(28-16)12-8-15(27-23-12)18(20,21)22/h2-8,14,24H,9H2,1H3/t14-,17+/m0/s1.